The number of rotatable bonds is 3. The topological polar surface area (TPSA) is 21.3 Å². The number of hydrogen-bond donors (Lipinski definition) is 1. The summed E-state index contributed by atoms with van der Waals surface area (Å²) in [7, 11) is 0. The molecule has 2 atom stereocenters. The molecule has 106 valence electrons. The van der Waals surface area contributed by atoms with Gasteiger partial charge in [0.25, 0.3) is 0 Å². The summed E-state index contributed by atoms with van der Waals surface area (Å²) in [6.07, 6.45) is 2.57. The zero-order valence-corrected chi connectivity index (χ0v) is 12.8. The maximum absolute atomic E-state index is 6.00. The molecule has 1 aromatic carbocycles. The van der Waals surface area contributed by atoms with Gasteiger partial charge in [0, 0.05) is 29.6 Å². The van der Waals surface area contributed by atoms with Crippen molar-refractivity contribution in [3.8, 4) is 0 Å². The molecular formula is C16H24ClNO. The lowest BCUT2D eigenvalue weighted by molar-refractivity contribution is -0.0292. The standard InChI is InChI=1S/C16H24ClNO/c1-16(2,3)18-11-13-5-4-10-19-15(13)12-6-8-14(17)9-7-12/h6-9,13,15,18H,4-5,10-11H2,1-3H3. The summed E-state index contributed by atoms with van der Waals surface area (Å²) < 4.78 is 6.00. The Hall–Kier alpha value is -0.570. The van der Waals surface area contributed by atoms with Gasteiger partial charge in [0.1, 0.15) is 0 Å². The second-order valence-corrected chi connectivity index (χ2v) is 6.81. The zero-order chi connectivity index (χ0) is 13.9. The fourth-order valence-corrected chi connectivity index (χ4v) is 2.64. The summed E-state index contributed by atoms with van der Waals surface area (Å²) in [5.41, 5.74) is 1.40. The number of ether oxygens (including phenoxy) is 1. The van der Waals surface area contributed by atoms with Crippen LogP contribution in [0.4, 0.5) is 0 Å². The summed E-state index contributed by atoms with van der Waals surface area (Å²) in [6.45, 7) is 8.46. The van der Waals surface area contributed by atoms with Crippen LogP contribution in [0.2, 0.25) is 5.02 Å². The largest absolute Gasteiger partial charge is 0.373 e. The van der Waals surface area contributed by atoms with Crippen LogP contribution < -0.4 is 5.32 Å². The van der Waals surface area contributed by atoms with Gasteiger partial charge >= 0.3 is 0 Å². The van der Waals surface area contributed by atoms with E-state index in [9.17, 15) is 0 Å². The van der Waals surface area contributed by atoms with Gasteiger partial charge in [0.15, 0.2) is 0 Å². The van der Waals surface area contributed by atoms with E-state index in [2.05, 4.69) is 38.2 Å². The third-order valence-corrected chi connectivity index (χ3v) is 3.79. The van der Waals surface area contributed by atoms with Gasteiger partial charge in [-0.2, -0.15) is 0 Å². The summed E-state index contributed by atoms with van der Waals surface area (Å²) in [5, 5.41) is 4.38. The highest BCUT2D eigenvalue weighted by Crippen LogP contribution is 2.34. The van der Waals surface area contributed by atoms with E-state index in [1.807, 2.05) is 12.1 Å². The fraction of sp³-hybridized carbons (Fsp3) is 0.625. The number of halogens is 1. The maximum Gasteiger partial charge on any atom is 0.0865 e. The average molecular weight is 282 g/mol. The van der Waals surface area contributed by atoms with Crippen molar-refractivity contribution in [2.75, 3.05) is 13.2 Å². The number of benzene rings is 1. The van der Waals surface area contributed by atoms with Gasteiger partial charge in [-0.25, -0.2) is 0 Å². The molecule has 1 aliphatic heterocycles. The lowest BCUT2D eigenvalue weighted by atomic mass is 9.89. The molecule has 0 aromatic heterocycles. The lowest BCUT2D eigenvalue weighted by Gasteiger charge is -2.34. The van der Waals surface area contributed by atoms with Crippen LogP contribution >= 0.6 is 11.6 Å². The minimum Gasteiger partial charge on any atom is -0.373 e. The van der Waals surface area contributed by atoms with Crippen molar-refractivity contribution in [1.29, 1.82) is 0 Å². The van der Waals surface area contributed by atoms with Crippen LogP contribution in [0.5, 0.6) is 0 Å². The van der Waals surface area contributed by atoms with Crippen molar-refractivity contribution in [2.24, 2.45) is 5.92 Å². The van der Waals surface area contributed by atoms with Crippen LogP contribution in [0, 0.1) is 5.92 Å². The Morgan fingerprint density at radius 3 is 2.58 bits per heavy atom. The first-order chi connectivity index (χ1) is 8.96. The Labute approximate surface area is 121 Å². The number of nitrogens with one attached hydrogen (secondary N) is 1. The zero-order valence-electron chi connectivity index (χ0n) is 12.1. The van der Waals surface area contributed by atoms with Gasteiger partial charge < -0.3 is 10.1 Å². The number of hydrogen-bond acceptors (Lipinski definition) is 2. The molecule has 0 aliphatic carbocycles. The van der Waals surface area contributed by atoms with Crippen molar-refractivity contribution < 1.29 is 4.74 Å². The molecule has 0 bridgehead atoms. The van der Waals surface area contributed by atoms with Crippen LogP contribution in [-0.2, 0) is 4.74 Å². The van der Waals surface area contributed by atoms with E-state index in [0.717, 1.165) is 24.6 Å². The highest BCUT2D eigenvalue weighted by atomic mass is 35.5. The Kier molecular flexibility index (Phi) is 4.88. The Balaban J connectivity index is 2.05. The van der Waals surface area contributed by atoms with Gasteiger partial charge in [-0.05, 0) is 51.3 Å². The fourth-order valence-electron chi connectivity index (χ4n) is 2.51. The average Bonchev–Trinajstić information content (AvgIpc) is 2.37. The third-order valence-electron chi connectivity index (χ3n) is 3.54. The van der Waals surface area contributed by atoms with Crippen LogP contribution in [0.25, 0.3) is 0 Å². The van der Waals surface area contributed by atoms with Gasteiger partial charge in [0.2, 0.25) is 0 Å². The van der Waals surface area contributed by atoms with Crippen molar-refractivity contribution in [3.05, 3.63) is 34.9 Å². The maximum atomic E-state index is 6.00. The minimum atomic E-state index is 0.155. The normalized spacial score (nSPS) is 24.4. The SMILES string of the molecule is CC(C)(C)NCC1CCCOC1c1ccc(Cl)cc1. The van der Waals surface area contributed by atoms with E-state index in [4.69, 9.17) is 16.3 Å². The first kappa shape index (κ1) is 14.8. The van der Waals surface area contributed by atoms with Crippen molar-refractivity contribution in [1.82, 2.24) is 5.32 Å². The molecule has 1 saturated heterocycles. The van der Waals surface area contributed by atoms with E-state index < -0.39 is 0 Å². The van der Waals surface area contributed by atoms with E-state index in [0.29, 0.717) is 5.92 Å². The monoisotopic (exact) mass is 281 g/mol. The summed E-state index contributed by atoms with van der Waals surface area (Å²) in [4.78, 5) is 0. The second-order valence-electron chi connectivity index (χ2n) is 6.38. The molecule has 1 fully saturated rings. The van der Waals surface area contributed by atoms with E-state index in [-0.39, 0.29) is 11.6 Å². The van der Waals surface area contributed by atoms with Gasteiger partial charge in [-0.3, -0.25) is 0 Å². The lowest BCUT2D eigenvalue weighted by Crippen LogP contribution is -2.41. The summed E-state index contributed by atoms with van der Waals surface area (Å²) in [6, 6.07) is 8.07. The predicted molar refractivity (Wildman–Crippen MR) is 80.6 cm³/mol. The molecule has 2 rings (SSSR count). The molecule has 19 heavy (non-hydrogen) atoms. The third kappa shape index (κ3) is 4.48. The highest BCUT2D eigenvalue weighted by molar-refractivity contribution is 6.30. The van der Waals surface area contributed by atoms with Crippen molar-refractivity contribution >= 4 is 11.6 Å². The van der Waals surface area contributed by atoms with Crippen LogP contribution in [0.1, 0.15) is 45.3 Å². The molecule has 2 nitrogen and oxygen atoms in total. The predicted octanol–water partition coefficient (Wildman–Crippen LogP) is 4.20. The van der Waals surface area contributed by atoms with Crippen LogP contribution in [-0.4, -0.2) is 18.7 Å². The van der Waals surface area contributed by atoms with Crippen LogP contribution in [0.3, 0.4) is 0 Å². The molecule has 0 spiro atoms. The molecule has 3 heteroatoms. The van der Waals surface area contributed by atoms with E-state index in [1.54, 1.807) is 0 Å². The van der Waals surface area contributed by atoms with Gasteiger partial charge in [-0.1, -0.05) is 23.7 Å². The highest BCUT2D eigenvalue weighted by Gasteiger charge is 2.28. The molecule has 1 heterocycles. The molecule has 1 aromatic rings. The van der Waals surface area contributed by atoms with Crippen molar-refractivity contribution in [3.63, 3.8) is 0 Å². The molecule has 0 radical (unpaired) electrons. The van der Waals surface area contributed by atoms with Crippen molar-refractivity contribution in [2.45, 2.75) is 45.3 Å². The van der Waals surface area contributed by atoms with E-state index in [1.165, 1.54) is 12.0 Å². The van der Waals surface area contributed by atoms with Gasteiger partial charge in [0.05, 0.1) is 6.10 Å². The Morgan fingerprint density at radius 1 is 1.26 bits per heavy atom. The molecular weight excluding hydrogens is 258 g/mol. The van der Waals surface area contributed by atoms with Crippen LogP contribution in [0.15, 0.2) is 24.3 Å². The Morgan fingerprint density at radius 2 is 1.95 bits per heavy atom. The van der Waals surface area contributed by atoms with Gasteiger partial charge in [-0.15, -0.1) is 0 Å². The minimum absolute atomic E-state index is 0.155. The van der Waals surface area contributed by atoms with E-state index >= 15 is 0 Å². The smallest absolute Gasteiger partial charge is 0.0865 e. The molecule has 1 N–H and O–H groups in total. The first-order valence-corrected chi connectivity index (χ1v) is 7.45. The molecule has 2 unspecified atom stereocenters. The Bertz CT molecular complexity index is 396. The summed E-state index contributed by atoms with van der Waals surface area (Å²) >= 11 is 5.95. The molecule has 0 saturated carbocycles. The second kappa shape index (κ2) is 6.25. The molecule has 0 amide bonds. The molecule has 1 aliphatic rings. The summed E-state index contributed by atoms with van der Waals surface area (Å²) in [5.74, 6) is 0.536. The quantitative estimate of drug-likeness (QED) is 0.897. The first-order valence-electron chi connectivity index (χ1n) is 7.08.